The predicted octanol–water partition coefficient (Wildman–Crippen LogP) is 6.56. The first-order chi connectivity index (χ1) is 15.7. The average molecular weight is 419 g/mol. The quantitative estimate of drug-likeness (QED) is 0.339. The van der Waals surface area contributed by atoms with Gasteiger partial charge in [-0.1, -0.05) is 66.7 Å². The summed E-state index contributed by atoms with van der Waals surface area (Å²) >= 11 is 0. The zero-order valence-electron chi connectivity index (χ0n) is 18.4. The third-order valence-corrected chi connectivity index (χ3v) is 5.67. The molecule has 5 rings (SSSR count). The van der Waals surface area contributed by atoms with Crippen molar-refractivity contribution >= 4 is 28.1 Å². The summed E-state index contributed by atoms with van der Waals surface area (Å²) in [5.41, 5.74) is 6.99. The molecule has 3 aromatic carbocycles. The Morgan fingerprint density at radius 3 is 2.31 bits per heavy atom. The molecule has 0 atom stereocenters. The molecule has 0 aliphatic rings. The van der Waals surface area contributed by atoms with Crippen LogP contribution in [0.3, 0.4) is 0 Å². The Hall–Kier alpha value is -4.05. The van der Waals surface area contributed by atoms with Gasteiger partial charge in [-0.15, -0.1) is 0 Å². The van der Waals surface area contributed by atoms with E-state index in [4.69, 9.17) is 4.98 Å². The van der Waals surface area contributed by atoms with Crippen molar-refractivity contribution in [3.63, 3.8) is 0 Å². The van der Waals surface area contributed by atoms with Crippen LogP contribution in [0.2, 0.25) is 0 Å². The molecule has 0 bridgehead atoms. The number of aromatic nitrogens is 2. The van der Waals surface area contributed by atoms with Crippen LogP contribution >= 0.6 is 0 Å². The number of hydrogen-bond donors (Lipinski definition) is 1. The molecule has 0 spiro atoms. The largest absolute Gasteiger partial charge is 0.378 e. The first-order valence-corrected chi connectivity index (χ1v) is 10.8. The summed E-state index contributed by atoms with van der Waals surface area (Å²) in [5, 5.41) is 4.61. The second-order valence-electron chi connectivity index (χ2n) is 8.17. The summed E-state index contributed by atoms with van der Waals surface area (Å²) in [6, 6.07) is 33.9. The SMILES string of the molecule is CN(C)c1cccc(Nc2cc3c(cn2)cc(-c2ccccc2)n3Cc2ccccc2)c1. The minimum absolute atomic E-state index is 0.800. The molecule has 0 aliphatic heterocycles. The Balaban J connectivity index is 1.58. The van der Waals surface area contributed by atoms with E-state index in [1.165, 1.54) is 16.8 Å². The van der Waals surface area contributed by atoms with E-state index in [1.54, 1.807) is 0 Å². The van der Waals surface area contributed by atoms with Gasteiger partial charge < -0.3 is 14.8 Å². The molecule has 158 valence electrons. The van der Waals surface area contributed by atoms with Crippen LogP contribution in [0.1, 0.15) is 5.56 Å². The number of benzene rings is 3. The van der Waals surface area contributed by atoms with Gasteiger partial charge in [-0.2, -0.15) is 0 Å². The number of nitrogens with one attached hydrogen (secondary N) is 1. The van der Waals surface area contributed by atoms with Gasteiger partial charge in [0.2, 0.25) is 0 Å². The maximum Gasteiger partial charge on any atom is 0.132 e. The number of rotatable bonds is 6. The normalized spacial score (nSPS) is 10.9. The van der Waals surface area contributed by atoms with Gasteiger partial charge in [-0.3, -0.25) is 0 Å². The number of nitrogens with zero attached hydrogens (tertiary/aromatic N) is 3. The molecule has 0 unspecified atom stereocenters. The highest BCUT2D eigenvalue weighted by Gasteiger charge is 2.13. The Kier molecular flexibility index (Phi) is 5.34. The lowest BCUT2D eigenvalue weighted by Gasteiger charge is -2.15. The third-order valence-electron chi connectivity index (χ3n) is 5.67. The van der Waals surface area contributed by atoms with Gasteiger partial charge in [-0.25, -0.2) is 4.98 Å². The second-order valence-corrected chi connectivity index (χ2v) is 8.17. The zero-order valence-corrected chi connectivity index (χ0v) is 18.4. The number of anilines is 3. The van der Waals surface area contributed by atoms with Gasteiger partial charge in [0.25, 0.3) is 0 Å². The van der Waals surface area contributed by atoms with Crippen molar-refractivity contribution in [2.75, 3.05) is 24.3 Å². The number of pyridine rings is 1. The van der Waals surface area contributed by atoms with Gasteiger partial charge >= 0.3 is 0 Å². The highest BCUT2D eigenvalue weighted by molar-refractivity contribution is 5.88. The first-order valence-electron chi connectivity index (χ1n) is 10.8. The van der Waals surface area contributed by atoms with Crippen LogP contribution in [0, 0.1) is 0 Å². The van der Waals surface area contributed by atoms with E-state index in [1.807, 2.05) is 20.3 Å². The Labute approximate surface area is 188 Å². The molecule has 32 heavy (non-hydrogen) atoms. The van der Waals surface area contributed by atoms with E-state index >= 15 is 0 Å². The topological polar surface area (TPSA) is 33.1 Å². The fourth-order valence-corrected chi connectivity index (χ4v) is 4.02. The minimum atomic E-state index is 0.800. The Bertz CT molecular complexity index is 1340. The Morgan fingerprint density at radius 1 is 0.812 bits per heavy atom. The van der Waals surface area contributed by atoms with Crippen molar-refractivity contribution in [2.24, 2.45) is 0 Å². The lowest BCUT2D eigenvalue weighted by molar-refractivity contribution is 0.844. The summed E-state index contributed by atoms with van der Waals surface area (Å²) in [4.78, 5) is 6.79. The van der Waals surface area contributed by atoms with E-state index < -0.39 is 0 Å². The van der Waals surface area contributed by atoms with E-state index in [9.17, 15) is 0 Å². The van der Waals surface area contributed by atoms with Crippen LogP contribution in [0.5, 0.6) is 0 Å². The maximum absolute atomic E-state index is 4.69. The van der Waals surface area contributed by atoms with Crippen molar-refractivity contribution in [3.05, 3.63) is 109 Å². The molecule has 0 saturated carbocycles. The first kappa shape index (κ1) is 19.9. The number of fused-ring (bicyclic) bond motifs is 1. The fourth-order valence-electron chi connectivity index (χ4n) is 4.02. The van der Waals surface area contributed by atoms with Crippen molar-refractivity contribution < 1.29 is 0 Å². The molecule has 2 aromatic heterocycles. The average Bonchev–Trinajstić information content (AvgIpc) is 3.18. The van der Waals surface area contributed by atoms with Crippen LogP contribution in [0.4, 0.5) is 17.2 Å². The summed E-state index contributed by atoms with van der Waals surface area (Å²) in [6.45, 7) is 0.800. The van der Waals surface area contributed by atoms with Crippen molar-refractivity contribution in [3.8, 4) is 11.3 Å². The molecule has 5 aromatic rings. The summed E-state index contributed by atoms with van der Waals surface area (Å²) < 4.78 is 2.38. The van der Waals surface area contributed by atoms with Gasteiger partial charge in [0, 0.05) is 55.4 Å². The maximum atomic E-state index is 4.69. The van der Waals surface area contributed by atoms with E-state index in [0.717, 1.165) is 34.6 Å². The molecular weight excluding hydrogens is 392 g/mol. The molecule has 0 radical (unpaired) electrons. The second kappa shape index (κ2) is 8.60. The van der Waals surface area contributed by atoms with Crippen LogP contribution in [0.25, 0.3) is 22.2 Å². The van der Waals surface area contributed by atoms with Crippen LogP contribution in [0.15, 0.2) is 103 Å². The van der Waals surface area contributed by atoms with E-state index in [0.29, 0.717) is 0 Å². The van der Waals surface area contributed by atoms with E-state index in [2.05, 4.69) is 112 Å². The third kappa shape index (κ3) is 4.08. The van der Waals surface area contributed by atoms with Gasteiger partial charge in [0.05, 0.1) is 5.52 Å². The van der Waals surface area contributed by atoms with Crippen LogP contribution in [-0.2, 0) is 6.54 Å². The van der Waals surface area contributed by atoms with Crippen molar-refractivity contribution in [1.29, 1.82) is 0 Å². The van der Waals surface area contributed by atoms with Gasteiger partial charge in [0.1, 0.15) is 5.82 Å². The Morgan fingerprint density at radius 2 is 1.56 bits per heavy atom. The summed E-state index contributed by atoms with van der Waals surface area (Å²) in [5.74, 6) is 0.834. The summed E-state index contributed by atoms with van der Waals surface area (Å²) in [7, 11) is 4.09. The lowest BCUT2D eigenvalue weighted by atomic mass is 10.1. The minimum Gasteiger partial charge on any atom is -0.378 e. The molecule has 1 N–H and O–H groups in total. The molecule has 4 nitrogen and oxygen atoms in total. The standard InChI is InChI=1S/C28H26N4/c1-31(2)25-15-9-14-24(17-25)30-28-18-27-23(19-29-28)16-26(22-12-7-4-8-13-22)32(27)20-21-10-5-3-6-11-21/h3-19H,20H2,1-2H3,(H,29,30). The molecular formula is C28H26N4. The van der Waals surface area contributed by atoms with Gasteiger partial charge in [-0.05, 0) is 35.4 Å². The van der Waals surface area contributed by atoms with Crippen molar-refractivity contribution in [1.82, 2.24) is 9.55 Å². The zero-order chi connectivity index (χ0) is 21.9. The van der Waals surface area contributed by atoms with Crippen LogP contribution < -0.4 is 10.2 Å². The molecule has 0 saturated heterocycles. The fraction of sp³-hybridized carbons (Fsp3) is 0.107. The molecule has 0 aliphatic carbocycles. The van der Waals surface area contributed by atoms with Crippen LogP contribution in [-0.4, -0.2) is 23.6 Å². The highest BCUT2D eigenvalue weighted by Crippen LogP contribution is 2.31. The van der Waals surface area contributed by atoms with E-state index in [-0.39, 0.29) is 0 Å². The molecule has 4 heteroatoms. The highest BCUT2D eigenvalue weighted by atomic mass is 15.1. The molecule has 0 amide bonds. The smallest absolute Gasteiger partial charge is 0.132 e. The predicted molar refractivity (Wildman–Crippen MR) is 135 cm³/mol. The monoisotopic (exact) mass is 418 g/mol. The van der Waals surface area contributed by atoms with Gasteiger partial charge in [0.15, 0.2) is 0 Å². The summed E-state index contributed by atoms with van der Waals surface area (Å²) in [6.07, 6.45) is 1.96. The number of hydrogen-bond acceptors (Lipinski definition) is 3. The lowest BCUT2D eigenvalue weighted by Crippen LogP contribution is -2.08. The molecule has 0 fully saturated rings. The molecule has 2 heterocycles. The van der Waals surface area contributed by atoms with Crippen molar-refractivity contribution in [2.45, 2.75) is 6.54 Å².